The van der Waals surface area contributed by atoms with E-state index in [4.69, 9.17) is 5.73 Å². The van der Waals surface area contributed by atoms with E-state index in [1.165, 1.54) is 0 Å². The van der Waals surface area contributed by atoms with Crippen molar-refractivity contribution in [1.82, 2.24) is 0 Å². The molecule has 2 N–H and O–H groups in total. The van der Waals surface area contributed by atoms with Crippen molar-refractivity contribution >= 4 is 0 Å². The van der Waals surface area contributed by atoms with Crippen LogP contribution in [0.3, 0.4) is 0 Å². The van der Waals surface area contributed by atoms with Gasteiger partial charge < -0.3 is 5.73 Å². The van der Waals surface area contributed by atoms with Crippen LogP contribution >= 0.6 is 0 Å². The van der Waals surface area contributed by atoms with Crippen molar-refractivity contribution in [3.63, 3.8) is 0 Å². The molecule has 9 heavy (non-hydrogen) atoms. The Morgan fingerprint density at radius 3 is 2.44 bits per heavy atom. The highest BCUT2D eigenvalue weighted by molar-refractivity contribution is 4.75. The number of rotatable bonds is 4. The van der Waals surface area contributed by atoms with E-state index in [1.807, 2.05) is 6.08 Å². The summed E-state index contributed by atoms with van der Waals surface area (Å²) in [5.74, 6) is 0.708. The molecule has 0 amide bonds. The van der Waals surface area contributed by atoms with Gasteiger partial charge in [-0.2, -0.15) is 0 Å². The normalized spacial score (nSPS) is 13.8. The van der Waals surface area contributed by atoms with E-state index in [9.17, 15) is 0 Å². The molecule has 0 spiro atoms. The molecule has 0 unspecified atom stereocenters. The lowest BCUT2D eigenvalue weighted by Gasteiger charge is -2.10. The highest BCUT2D eigenvalue weighted by atomic mass is 14.6. The van der Waals surface area contributed by atoms with Crippen LogP contribution in [0.4, 0.5) is 0 Å². The van der Waals surface area contributed by atoms with E-state index in [0.29, 0.717) is 12.0 Å². The first-order chi connectivity index (χ1) is 4.16. The van der Waals surface area contributed by atoms with Gasteiger partial charge in [0, 0.05) is 6.04 Å². The third-order valence-corrected chi connectivity index (χ3v) is 1.24. The Hall–Kier alpha value is -0.300. The van der Waals surface area contributed by atoms with Gasteiger partial charge in [0.05, 0.1) is 0 Å². The molecule has 0 bridgehead atoms. The van der Waals surface area contributed by atoms with Gasteiger partial charge >= 0.3 is 0 Å². The van der Waals surface area contributed by atoms with Crippen LogP contribution in [0.15, 0.2) is 12.7 Å². The molecule has 1 heteroatoms. The first kappa shape index (κ1) is 8.70. The van der Waals surface area contributed by atoms with Crippen molar-refractivity contribution in [3.05, 3.63) is 12.7 Å². The van der Waals surface area contributed by atoms with E-state index in [0.717, 1.165) is 12.8 Å². The molecule has 0 aliphatic carbocycles. The van der Waals surface area contributed by atoms with Crippen LogP contribution in [-0.2, 0) is 0 Å². The van der Waals surface area contributed by atoms with Gasteiger partial charge in [0.15, 0.2) is 0 Å². The SMILES string of the molecule is C=CC[C@H](N)CC(C)C. The van der Waals surface area contributed by atoms with Gasteiger partial charge in [0.25, 0.3) is 0 Å². The van der Waals surface area contributed by atoms with Crippen LogP contribution in [0.25, 0.3) is 0 Å². The van der Waals surface area contributed by atoms with E-state index >= 15 is 0 Å². The number of nitrogens with two attached hydrogens (primary N) is 1. The molecule has 0 saturated carbocycles. The summed E-state index contributed by atoms with van der Waals surface area (Å²) in [5, 5.41) is 0. The molecular weight excluding hydrogens is 110 g/mol. The van der Waals surface area contributed by atoms with Crippen molar-refractivity contribution in [2.24, 2.45) is 11.7 Å². The van der Waals surface area contributed by atoms with Crippen LogP contribution in [0.2, 0.25) is 0 Å². The molecule has 0 aromatic rings. The van der Waals surface area contributed by atoms with Gasteiger partial charge in [-0.15, -0.1) is 6.58 Å². The van der Waals surface area contributed by atoms with Gasteiger partial charge in [-0.1, -0.05) is 19.9 Å². The maximum atomic E-state index is 5.71. The van der Waals surface area contributed by atoms with E-state index < -0.39 is 0 Å². The van der Waals surface area contributed by atoms with Crippen LogP contribution in [0.5, 0.6) is 0 Å². The minimum Gasteiger partial charge on any atom is -0.327 e. The molecule has 0 aromatic heterocycles. The highest BCUT2D eigenvalue weighted by Crippen LogP contribution is 2.04. The van der Waals surface area contributed by atoms with E-state index in [2.05, 4.69) is 20.4 Å². The largest absolute Gasteiger partial charge is 0.327 e. The summed E-state index contributed by atoms with van der Waals surface area (Å²) in [7, 11) is 0. The lowest BCUT2D eigenvalue weighted by Crippen LogP contribution is -2.20. The van der Waals surface area contributed by atoms with Crippen LogP contribution < -0.4 is 5.73 Å². The quantitative estimate of drug-likeness (QED) is 0.574. The molecule has 0 heterocycles. The van der Waals surface area contributed by atoms with Crippen molar-refractivity contribution in [2.45, 2.75) is 32.7 Å². The van der Waals surface area contributed by atoms with Crippen molar-refractivity contribution < 1.29 is 0 Å². The second kappa shape index (κ2) is 4.57. The molecule has 0 aliphatic rings. The fourth-order valence-electron chi connectivity index (χ4n) is 0.916. The Bertz CT molecular complexity index is 76.6. The average molecular weight is 127 g/mol. The Balaban J connectivity index is 3.25. The molecule has 0 aliphatic heterocycles. The predicted molar refractivity (Wildman–Crippen MR) is 42.2 cm³/mol. The summed E-state index contributed by atoms with van der Waals surface area (Å²) in [6.45, 7) is 7.99. The van der Waals surface area contributed by atoms with Crippen LogP contribution in [0, 0.1) is 5.92 Å². The minimum atomic E-state index is 0.322. The smallest absolute Gasteiger partial charge is 0.00757 e. The first-order valence-electron chi connectivity index (χ1n) is 3.53. The number of hydrogen-bond donors (Lipinski definition) is 1. The Kier molecular flexibility index (Phi) is 4.41. The summed E-state index contributed by atoms with van der Waals surface area (Å²) in [4.78, 5) is 0. The third kappa shape index (κ3) is 5.57. The van der Waals surface area contributed by atoms with Gasteiger partial charge in [-0.3, -0.25) is 0 Å². The van der Waals surface area contributed by atoms with Gasteiger partial charge in [-0.05, 0) is 18.8 Å². The summed E-state index contributed by atoms with van der Waals surface area (Å²) in [6.07, 6.45) is 3.93. The van der Waals surface area contributed by atoms with Gasteiger partial charge in [-0.25, -0.2) is 0 Å². The molecule has 0 radical (unpaired) electrons. The monoisotopic (exact) mass is 127 g/mol. The molecule has 1 nitrogen and oxygen atoms in total. The fourth-order valence-corrected chi connectivity index (χ4v) is 0.916. The van der Waals surface area contributed by atoms with Gasteiger partial charge in [0.2, 0.25) is 0 Å². The topological polar surface area (TPSA) is 26.0 Å². The molecule has 0 fully saturated rings. The lowest BCUT2D eigenvalue weighted by molar-refractivity contribution is 0.498. The zero-order chi connectivity index (χ0) is 7.28. The molecule has 0 aromatic carbocycles. The molecule has 1 atom stereocenters. The standard InChI is InChI=1S/C8H17N/c1-4-5-8(9)6-7(2)3/h4,7-8H,1,5-6,9H2,2-3H3/t8-/m0/s1. The molecule has 0 saturated heterocycles. The minimum absolute atomic E-state index is 0.322. The number of hydrogen-bond acceptors (Lipinski definition) is 1. The Morgan fingerprint density at radius 1 is 1.56 bits per heavy atom. The maximum Gasteiger partial charge on any atom is 0.00757 e. The Morgan fingerprint density at radius 2 is 2.11 bits per heavy atom. The first-order valence-corrected chi connectivity index (χ1v) is 3.53. The maximum absolute atomic E-state index is 5.71. The lowest BCUT2D eigenvalue weighted by atomic mass is 10.0. The zero-order valence-electron chi connectivity index (χ0n) is 6.43. The third-order valence-electron chi connectivity index (χ3n) is 1.24. The fraction of sp³-hybridized carbons (Fsp3) is 0.750. The summed E-state index contributed by atoms with van der Waals surface area (Å²) in [5.41, 5.74) is 5.71. The predicted octanol–water partition coefficient (Wildman–Crippen LogP) is 1.94. The summed E-state index contributed by atoms with van der Waals surface area (Å²) < 4.78 is 0. The van der Waals surface area contributed by atoms with E-state index in [-0.39, 0.29) is 0 Å². The second-order valence-corrected chi connectivity index (χ2v) is 2.91. The molecule has 0 rings (SSSR count). The van der Waals surface area contributed by atoms with Crippen molar-refractivity contribution in [2.75, 3.05) is 0 Å². The van der Waals surface area contributed by atoms with E-state index in [1.54, 1.807) is 0 Å². The molecule has 54 valence electrons. The zero-order valence-corrected chi connectivity index (χ0v) is 6.43. The Labute approximate surface area is 57.9 Å². The second-order valence-electron chi connectivity index (χ2n) is 2.91. The summed E-state index contributed by atoms with van der Waals surface area (Å²) >= 11 is 0. The van der Waals surface area contributed by atoms with Crippen LogP contribution in [-0.4, -0.2) is 6.04 Å². The van der Waals surface area contributed by atoms with Gasteiger partial charge in [0.1, 0.15) is 0 Å². The summed E-state index contributed by atoms with van der Waals surface area (Å²) in [6, 6.07) is 0.322. The van der Waals surface area contributed by atoms with Crippen molar-refractivity contribution in [1.29, 1.82) is 0 Å². The molecular formula is C8H17N. The van der Waals surface area contributed by atoms with Crippen LogP contribution in [0.1, 0.15) is 26.7 Å². The highest BCUT2D eigenvalue weighted by Gasteiger charge is 2.01. The average Bonchev–Trinajstić information content (AvgIpc) is 1.63. The van der Waals surface area contributed by atoms with Crippen molar-refractivity contribution in [3.8, 4) is 0 Å².